The van der Waals surface area contributed by atoms with Gasteiger partial charge in [0.25, 0.3) is 5.56 Å². The molecule has 0 spiro atoms. The molecule has 0 N–H and O–H groups in total. The van der Waals surface area contributed by atoms with Crippen molar-refractivity contribution in [2.45, 2.75) is 45.6 Å². The van der Waals surface area contributed by atoms with Gasteiger partial charge in [0.2, 0.25) is 0 Å². The molecule has 0 unspecified atom stereocenters. The van der Waals surface area contributed by atoms with E-state index in [1.807, 2.05) is 24.3 Å². The van der Waals surface area contributed by atoms with E-state index in [9.17, 15) is 9.59 Å². The average molecular weight is 478 g/mol. The standard InChI is InChI=1S/C24H25BClN5O3/c1-15(2)16-6-4-7-19(12-16)34-23-28-21-20(31(23)14-18-9-8-17(26)13-27-18)22(32)30(11-5-10-25)24(33)29(21)3/h4,6-9,12-13,15H,5,10-11,14H2,1-3H3. The van der Waals surface area contributed by atoms with Crippen molar-refractivity contribution in [1.29, 1.82) is 0 Å². The van der Waals surface area contributed by atoms with Gasteiger partial charge in [-0.1, -0.05) is 43.9 Å². The number of hydrogen-bond donors (Lipinski definition) is 0. The highest BCUT2D eigenvalue weighted by molar-refractivity contribution is 6.30. The van der Waals surface area contributed by atoms with Crippen molar-refractivity contribution in [2.75, 3.05) is 0 Å². The fraction of sp³-hybridized carbons (Fsp3) is 0.333. The Bertz CT molecular complexity index is 1440. The van der Waals surface area contributed by atoms with Crippen molar-refractivity contribution in [3.05, 3.63) is 79.7 Å². The van der Waals surface area contributed by atoms with Crippen molar-refractivity contribution in [1.82, 2.24) is 23.7 Å². The number of benzene rings is 1. The summed E-state index contributed by atoms with van der Waals surface area (Å²) in [5.74, 6) is 0.900. The van der Waals surface area contributed by atoms with Gasteiger partial charge >= 0.3 is 11.7 Å². The SMILES string of the molecule is [B]CCCn1c(=O)c2c(nc(Oc3cccc(C(C)C)c3)n2Cc2ccc(Cl)cn2)n(C)c1=O. The predicted octanol–water partition coefficient (Wildman–Crippen LogP) is 3.89. The Morgan fingerprint density at radius 2 is 1.94 bits per heavy atom. The number of imidazole rings is 1. The maximum atomic E-state index is 13.4. The molecule has 3 heterocycles. The van der Waals surface area contributed by atoms with Crippen molar-refractivity contribution in [3.8, 4) is 11.8 Å². The third kappa shape index (κ3) is 4.66. The number of aryl methyl sites for hydroxylation is 1. The lowest BCUT2D eigenvalue weighted by Gasteiger charge is -2.12. The zero-order chi connectivity index (χ0) is 24.4. The molecule has 34 heavy (non-hydrogen) atoms. The lowest BCUT2D eigenvalue weighted by molar-refractivity contribution is 0.419. The molecule has 0 saturated carbocycles. The first kappa shape index (κ1) is 23.8. The lowest BCUT2D eigenvalue weighted by atomic mass is 10.0. The zero-order valence-corrected chi connectivity index (χ0v) is 20.1. The molecular formula is C24H25BClN5O3. The molecule has 0 bridgehead atoms. The first-order valence-corrected chi connectivity index (χ1v) is 11.5. The van der Waals surface area contributed by atoms with Crippen LogP contribution in [0.3, 0.4) is 0 Å². The highest BCUT2D eigenvalue weighted by atomic mass is 35.5. The van der Waals surface area contributed by atoms with Crippen molar-refractivity contribution in [3.63, 3.8) is 0 Å². The van der Waals surface area contributed by atoms with E-state index in [0.717, 1.165) is 5.56 Å². The fourth-order valence-corrected chi connectivity index (χ4v) is 3.84. The highest BCUT2D eigenvalue weighted by Gasteiger charge is 2.22. The second-order valence-electron chi connectivity index (χ2n) is 8.39. The largest absolute Gasteiger partial charge is 0.425 e. The van der Waals surface area contributed by atoms with Gasteiger partial charge in [-0.25, -0.2) is 4.79 Å². The molecular weight excluding hydrogens is 453 g/mol. The van der Waals surface area contributed by atoms with Crippen LogP contribution in [-0.4, -0.2) is 31.5 Å². The first-order valence-electron chi connectivity index (χ1n) is 11.1. The predicted molar refractivity (Wildman–Crippen MR) is 133 cm³/mol. The van der Waals surface area contributed by atoms with Gasteiger partial charge in [0, 0.05) is 19.8 Å². The minimum Gasteiger partial charge on any atom is -0.425 e. The van der Waals surface area contributed by atoms with E-state index in [2.05, 4.69) is 23.8 Å². The Hall–Kier alpha value is -3.33. The summed E-state index contributed by atoms with van der Waals surface area (Å²) in [6.07, 6.45) is 2.40. The van der Waals surface area contributed by atoms with Crippen LogP contribution in [0.25, 0.3) is 11.2 Å². The van der Waals surface area contributed by atoms with Crippen LogP contribution in [0.5, 0.6) is 11.8 Å². The number of pyridine rings is 1. The van der Waals surface area contributed by atoms with Gasteiger partial charge in [-0.05, 0) is 42.2 Å². The molecule has 0 aliphatic rings. The molecule has 0 aliphatic heterocycles. The molecule has 174 valence electrons. The molecule has 0 fully saturated rings. The topological polar surface area (TPSA) is 83.9 Å². The Balaban J connectivity index is 1.91. The first-order chi connectivity index (χ1) is 16.3. The molecule has 4 rings (SSSR count). The molecule has 4 aromatic rings. The lowest BCUT2D eigenvalue weighted by Crippen LogP contribution is -2.39. The van der Waals surface area contributed by atoms with E-state index in [4.69, 9.17) is 24.2 Å². The summed E-state index contributed by atoms with van der Waals surface area (Å²) in [6.45, 7) is 4.62. The summed E-state index contributed by atoms with van der Waals surface area (Å²) < 4.78 is 10.4. The summed E-state index contributed by atoms with van der Waals surface area (Å²) in [6, 6.07) is 11.4. The Morgan fingerprint density at radius 3 is 2.62 bits per heavy atom. The third-order valence-electron chi connectivity index (χ3n) is 5.63. The Labute approximate surface area is 203 Å². The van der Waals surface area contributed by atoms with Gasteiger partial charge < -0.3 is 4.74 Å². The van der Waals surface area contributed by atoms with Crippen LogP contribution in [-0.2, 0) is 20.1 Å². The Kier molecular flexibility index (Phi) is 6.93. The van der Waals surface area contributed by atoms with Crippen molar-refractivity contribution < 1.29 is 4.74 Å². The van der Waals surface area contributed by atoms with Crippen molar-refractivity contribution >= 4 is 30.6 Å². The van der Waals surface area contributed by atoms with Crippen LogP contribution in [0.1, 0.15) is 37.4 Å². The van der Waals surface area contributed by atoms with Crippen molar-refractivity contribution in [2.24, 2.45) is 7.05 Å². The fourth-order valence-electron chi connectivity index (χ4n) is 3.73. The minimum atomic E-state index is -0.450. The molecule has 8 nitrogen and oxygen atoms in total. The molecule has 3 aromatic heterocycles. The van der Waals surface area contributed by atoms with Crippen LogP contribution < -0.4 is 16.0 Å². The molecule has 1 aromatic carbocycles. The van der Waals surface area contributed by atoms with Crippen LogP contribution >= 0.6 is 11.6 Å². The number of rotatable bonds is 8. The second-order valence-corrected chi connectivity index (χ2v) is 8.83. The Morgan fingerprint density at radius 1 is 1.15 bits per heavy atom. The monoisotopic (exact) mass is 477 g/mol. The smallest absolute Gasteiger partial charge is 0.332 e. The van der Waals surface area contributed by atoms with Gasteiger partial charge in [-0.15, -0.1) is 0 Å². The van der Waals surface area contributed by atoms with Gasteiger partial charge in [0.15, 0.2) is 11.2 Å². The van der Waals surface area contributed by atoms with Gasteiger partial charge in [0.1, 0.15) is 5.75 Å². The molecule has 2 radical (unpaired) electrons. The molecule has 0 aliphatic carbocycles. The van der Waals surface area contributed by atoms with Crippen LogP contribution in [0, 0.1) is 0 Å². The highest BCUT2D eigenvalue weighted by Crippen LogP contribution is 2.27. The van der Waals surface area contributed by atoms with Crippen LogP contribution in [0.4, 0.5) is 0 Å². The summed E-state index contributed by atoms with van der Waals surface area (Å²) in [5, 5.41) is 0.507. The number of halogens is 1. The van der Waals surface area contributed by atoms with E-state index >= 15 is 0 Å². The summed E-state index contributed by atoms with van der Waals surface area (Å²) >= 11 is 5.99. The van der Waals surface area contributed by atoms with E-state index in [1.54, 1.807) is 23.7 Å². The van der Waals surface area contributed by atoms with E-state index < -0.39 is 11.2 Å². The summed E-state index contributed by atoms with van der Waals surface area (Å²) in [5.41, 5.74) is 1.36. The number of fused-ring (bicyclic) bond motifs is 1. The normalized spacial score (nSPS) is 11.4. The number of aromatic nitrogens is 5. The number of hydrogen-bond acceptors (Lipinski definition) is 5. The van der Waals surface area contributed by atoms with Gasteiger partial charge in [-0.3, -0.25) is 23.5 Å². The summed E-state index contributed by atoms with van der Waals surface area (Å²) in [4.78, 5) is 35.2. The van der Waals surface area contributed by atoms with E-state index in [-0.39, 0.29) is 30.3 Å². The second kappa shape index (κ2) is 9.89. The van der Waals surface area contributed by atoms with Crippen LogP contribution in [0.2, 0.25) is 11.3 Å². The van der Waals surface area contributed by atoms with Crippen LogP contribution in [0.15, 0.2) is 52.2 Å². The number of ether oxygens (including phenoxy) is 1. The zero-order valence-electron chi connectivity index (χ0n) is 19.4. The van der Waals surface area contributed by atoms with E-state index in [0.29, 0.717) is 35.1 Å². The average Bonchev–Trinajstić information content (AvgIpc) is 3.17. The maximum Gasteiger partial charge on any atom is 0.332 e. The van der Waals surface area contributed by atoms with E-state index in [1.165, 1.54) is 15.3 Å². The summed E-state index contributed by atoms with van der Waals surface area (Å²) in [7, 11) is 7.20. The molecule has 0 saturated heterocycles. The van der Waals surface area contributed by atoms with Gasteiger partial charge in [0.05, 0.1) is 25.1 Å². The minimum absolute atomic E-state index is 0.191. The quantitative estimate of drug-likeness (QED) is 0.360. The molecule has 10 heteroatoms. The maximum absolute atomic E-state index is 13.4. The third-order valence-corrected chi connectivity index (χ3v) is 5.85. The molecule has 0 amide bonds. The van der Waals surface area contributed by atoms with Gasteiger partial charge in [-0.2, -0.15) is 4.98 Å². The molecule has 0 atom stereocenters. The number of nitrogens with zero attached hydrogens (tertiary/aromatic N) is 5.